The molecule has 1 fully saturated rings. The highest BCUT2D eigenvalue weighted by Gasteiger charge is 2.30. The van der Waals surface area contributed by atoms with E-state index in [4.69, 9.17) is 4.74 Å². The lowest BCUT2D eigenvalue weighted by Gasteiger charge is -2.11. The molecular weight excluding hydrogens is 232 g/mol. The fourth-order valence-corrected chi connectivity index (χ4v) is 1.67. The highest BCUT2D eigenvalue weighted by molar-refractivity contribution is 6.04. The molecule has 1 aliphatic rings. The third-order valence-corrected chi connectivity index (χ3v) is 2.57. The van der Waals surface area contributed by atoms with Crippen LogP contribution in [0.4, 0.5) is 4.79 Å². The van der Waals surface area contributed by atoms with Gasteiger partial charge in [0.1, 0.15) is 11.8 Å². The predicted octanol–water partition coefficient (Wildman–Crippen LogP) is 1.60. The lowest BCUT2D eigenvalue weighted by atomic mass is 10.1. The minimum absolute atomic E-state index is 0.323. The second-order valence-corrected chi connectivity index (χ2v) is 4.67. The van der Waals surface area contributed by atoms with E-state index in [1.807, 2.05) is 0 Å². The standard InChI is InChI=1S/C13H16N2O3/c1-8(2)7-18-10-5-3-9(4-6-10)11-12(16)15-13(17)14-11/h3-6,8,11H,7H2,1-2H3,(H2,14,15,16,17)/t11-/m1/s1. The van der Waals surface area contributed by atoms with E-state index in [2.05, 4.69) is 24.5 Å². The number of nitrogens with one attached hydrogen (secondary N) is 2. The van der Waals surface area contributed by atoms with Crippen molar-refractivity contribution < 1.29 is 14.3 Å². The van der Waals surface area contributed by atoms with Crippen molar-refractivity contribution in [2.24, 2.45) is 5.92 Å². The van der Waals surface area contributed by atoms with Crippen molar-refractivity contribution in [3.63, 3.8) is 0 Å². The van der Waals surface area contributed by atoms with Gasteiger partial charge in [-0.05, 0) is 23.6 Å². The average molecular weight is 248 g/mol. The van der Waals surface area contributed by atoms with Crippen LogP contribution in [0.1, 0.15) is 25.5 Å². The first kappa shape index (κ1) is 12.4. The van der Waals surface area contributed by atoms with Crippen molar-refractivity contribution in [3.8, 4) is 5.75 Å². The first-order valence-electron chi connectivity index (χ1n) is 5.90. The molecule has 0 saturated carbocycles. The first-order chi connectivity index (χ1) is 8.56. The fraction of sp³-hybridized carbons (Fsp3) is 0.385. The molecule has 5 heteroatoms. The number of rotatable bonds is 4. The van der Waals surface area contributed by atoms with Gasteiger partial charge in [0.05, 0.1) is 6.61 Å². The Morgan fingerprint density at radius 3 is 2.39 bits per heavy atom. The molecule has 0 aliphatic carbocycles. The lowest BCUT2D eigenvalue weighted by Crippen LogP contribution is -2.22. The van der Waals surface area contributed by atoms with Gasteiger partial charge in [0, 0.05) is 0 Å². The van der Waals surface area contributed by atoms with E-state index in [9.17, 15) is 9.59 Å². The number of carbonyl (C=O) groups excluding carboxylic acids is 2. The van der Waals surface area contributed by atoms with Crippen LogP contribution in [-0.4, -0.2) is 18.5 Å². The quantitative estimate of drug-likeness (QED) is 0.795. The second-order valence-electron chi connectivity index (χ2n) is 4.67. The Morgan fingerprint density at radius 2 is 1.89 bits per heavy atom. The Labute approximate surface area is 106 Å². The van der Waals surface area contributed by atoms with Gasteiger partial charge in [0.2, 0.25) is 0 Å². The van der Waals surface area contributed by atoms with Crippen LogP contribution >= 0.6 is 0 Å². The summed E-state index contributed by atoms with van der Waals surface area (Å²) in [6.45, 7) is 4.81. The van der Waals surface area contributed by atoms with Gasteiger partial charge in [-0.2, -0.15) is 0 Å². The number of benzene rings is 1. The Morgan fingerprint density at radius 1 is 1.22 bits per heavy atom. The number of hydrogen-bond donors (Lipinski definition) is 2. The summed E-state index contributed by atoms with van der Waals surface area (Å²) in [5, 5.41) is 4.75. The molecule has 1 heterocycles. The normalized spacial score (nSPS) is 18.7. The molecule has 96 valence electrons. The summed E-state index contributed by atoms with van der Waals surface area (Å²) in [6, 6.07) is 6.11. The summed E-state index contributed by atoms with van der Waals surface area (Å²) in [7, 11) is 0. The van der Waals surface area contributed by atoms with Crippen LogP contribution in [0.15, 0.2) is 24.3 Å². The molecule has 1 saturated heterocycles. The van der Waals surface area contributed by atoms with E-state index in [1.54, 1.807) is 24.3 Å². The number of amides is 3. The molecule has 0 spiro atoms. The Balaban J connectivity index is 2.03. The summed E-state index contributed by atoms with van der Waals surface area (Å²) in [5.74, 6) is 0.901. The molecule has 5 nitrogen and oxygen atoms in total. The van der Waals surface area contributed by atoms with Gasteiger partial charge in [0.25, 0.3) is 5.91 Å². The second kappa shape index (κ2) is 5.08. The zero-order valence-electron chi connectivity index (χ0n) is 10.4. The Hall–Kier alpha value is -2.04. The van der Waals surface area contributed by atoms with Crippen molar-refractivity contribution in [1.82, 2.24) is 10.6 Å². The predicted molar refractivity (Wildman–Crippen MR) is 66.2 cm³/mol. The largest absolute Gasteiger partial charge is 0.493 e. The van der Waals surface area contributed by atoms with Crippen molar-refractivity contribution in [2.45, 2.75) is 19.9 Å². The highest BCUT2D eigenvalue weighted by Crippen LogP contribution is 2.20. The van der Waals surface area contributed by atoms with Crippen molar-refractivity contribution in [3.05, 3.63) is 29.8 Å². The monoisotopic (exact) mass is 248 g/mol. The maximum Gasteiger partial charge on any atom is 0.322 e. The third-order valence-electron chi connectivity index (χ3n) is 2.57. The molecule has 0 aromatic heterocycles. The number of hydrogen-bond acceptors (Lipinski definition) is 3. The van der Waals surface area contributed by atoms with Crippen LogP contribution in [0.25, 0.3) is 0 Å². The topological polar surface area (TPSA) is 67.4 Å². The van der Waals surface area contributed by atoms with Gasteiger partial charge in [-0.15, -0.1) is 0 Å². The smallest absolute Gasteiger partial charge is 0.322 e. The lowest BCUT2D eigenvalue weighted by molar-refractivity contribution is -0.120. The fourth-order valence-electron chi connectivity index (χ4n) is 1.67. The molecule has 1 aliphatic heterocycles. The minimum atomic E-state index is -0.600. The molecule has 0 radical (unpaired) electrons. The van der Waals surface area contributed by atoms with Crippen LogP contribution in [0.2, 0.25) is 0 Å². The maximum atomic E-state index is 11.5. The van der Waals surface area contributed by atoms with E-state index >= 15 is 0 Å². The van der Waals surface area contributed by atoms with Crippen LogP contribution in [0.5, 0.6) is 5.75 Å². The molecule has 18 heavy (non-hydrogen) atoms. The van der Waals surface area contributed by atoms with Crippen molar-refractivity contribution in [2.75, 3.05) is 6.61 Å². The van der Waals surface area contributed by atoms with E-state index in [0.29, 0.717) is 12.5 Å². The van der Waals surface area contributed by atoms with Crippen LogP contribution < -0.4 is 15.4 Å². The highest BCUT2D eigenvalue weighted by atomic mass is 16.5. The van der Waals surface area contributed by atoms with Crippen molar-refractivity contribution in [1.29, 1.82) is 0 Å². The molecular formula is C13H16N2O3. The Kier molecular flexibility index (Phi) is 3.50. The Bertz CT molecular complexity index is 454. The molecule has 2 rings (SSSR count). The van der Waals surface area contributed by atoms with Gasteiger partial charge in [-0.1, -0.05) is 26.0 Å². The van der Waals surface area contributed by atoms with Gasteiger partial charge in [-0.25, -0.2) is 4.79 Å². The number of imide groups is 1. The van der Waals surface area contributed by atoms with Gasteiger partial charge in [-0.3, -0.25) is 10.1 Å². The zero-order chi connectivity index (χ0) is 13.1. The molecule has 1 atom stereocenters. The molecule has 2 N–H and O–H groups in total. The molecule has 3 amide bonds. The summed E-state index contributed by atoms with van der Waals surface area (Å²) in [5.41, 5.74) is 0.746. The van der Waals surface area contributed by atoms with Crippen molar-refractivity contribution >= 4 is 11.9 Å². The first-order valence-corrected chi connectivity index (χ1v) is 5.90. The summed E-state index contributed by atoms with van der Waals surface area (Å²) in [4.78, 5) is 22.5. The summed E-state index contributed by atoms with van der Waals surface area (Å²) in [6.07, 6.45) is 0. The van der Waals surface area contributed by atoms with E-state index in [-0.39, 0.29) is 5.91 Å². The third kappa shape index (κ3) is 2.80. The van der Waals surface area contributed by atoms with E-state index < -0.39 is 12.1 Å². The minimum Gasteiger partial charge on any atom is -0.493 e. The van der Waals surface area contributed by atoms with E-state index in [1.165, 1.54) is 0 Å². The summed E-state index contributed by atoms with van der Waals surface area (Å²) < 4.78 is 5.55. The van der Waals surface area contributed by atoms with Gasteiger partial charge in [0.15, 0.2) is 0 Å². The number of urea groups is 1. The number of ether oxygens (including phenoxy) is 1. The molecule has 0 bridgehead atoms. The molecule has 1 aromatic rings. The molecule has 0 unspecified atom stereocenters. The average Bonchev–Trinajstić information content (AvgIpc) is 2.66. The number of carbonyl (C=O) groups is 2. The SMILES string of the molecule is CC(C)COc1ccc([C@H]2NC(=O)NC2=O)cc1. The van der Waals surface area contributed by atoms with Crippen LogP contribution in [0.3, 0.4) is 0 Å². The van der Waals surface area contributed by atoms with Crippen LogP contribution in [-0.2, 0) is 4.79 Å². The van der Waals surface area contributed by atoms with Gasteiger partial charge < -0.3 is 10.1 Å². The zero-order valence-corrected chi connectivity index (χ0v) is 10.4. The van der Waals surface area contributed by atoms with Gasteiger partial charge >= 0.3 is 6.03 Å². The molecule has 1 aromatic carbocycles. The summed E-state index contributed by atoms with van der Waals surface area (Å²) >= 11 is 0. The maximum absolute atomic E-state index is 11.5. The van der Waals surface area contributed by atoms with Crippen LogP contribution in [0, 0.1) is 5.92 Å². The van der Waals surface area contributed by atoms with E-state index in [0.717, 1.165) is 11.3 Å².